The number of hydrogen-bond acceptors (Lipinski definition) is 1. The Balaban J connectivity index is 1.25. The number of nitrogens with zero attached hydrogens (tertiary/aromatic N) is 1. The van der Waals surface area contributed by atoms with Gasteiger partial charge in [0.2, 0.25) is 0 Å². The molecule has 0 aliphatic heterocycles. The number of anilines is 3. The van der Waals surface area contributed by atoms with Crippen molar-refractivity contribution in [2.75, 3.05) is 4.90 Å². The smallest absolute Gasteiger partial charge is 0.0499 e. The number of fused-ring (bicyclic) bond motifs is 6. The molecule has 0 fully saturated rings. The largest absolute Gasteiger partial charge is 0.310 e. The maximum absolute atomic E-state index is 2.53. The van der Waals surface area contributed by atoms with E-state index in [-0.39, 0.29) is 16.2 Å². The van der Waals surface area contributed by atoms with Gasteiger partial charge in [0, 0.05) is 27.9 Å². The van der Waals surface area contributed by atoms with Crippen molar-refractivity contribution in [3.8, 4) is 44.5 Å². The van der Waals surface area contributed by atoms with Gasteiger partial charge in [-0.15, -0.1) is 0 Å². The molecule has 0 bridgehead atoms. The third kappa shape index (κ3) is 5.28. The predicted molar refractivity (Wildman–Crippen MR) is 226 cm³/mol. The summed E-state index contributed by atoms with van der Waals surface area (Å²) >= 11 is 0. The molecule has 0 saturated heterocycles. The molecular weight excluding hydrogens is 639 g/mol. The highest BCUT2D eigenvalue weighted by atomic mass is 15.1. The summed E-state index contributed by atoms with van der Waals surface area (Å²) in [6.07, 6.45) is 0. The first-order chi connectivity index (χ1) is 25.4. The maximum atomic E-state index is 2.53. The highest BCUT2D eigenvalue weighted by molar-refractivity contribution is 5.89. The van der Waals surface area contributed by atoms with Crippen LogP contribution in [0.3, 0.4) is 0 Å². The fourth-order valence-electron chi connectivity index (χ4n) is 9.11. The van der Waals surface area contributed by atoms with Crippen LogP contribution in [0.15, 0.2) is 158 Å². The molecule has 1 heteroatoms. The molecule has 53 heavy (non-hydrogen) atoms. The van der Waals surface area contributed by atoms with Crippen molar-refractivity contribution in [3.05, 3.63) is 186 Å². The van der Waals surface area contributed by atoms with Crippen molar-refractivity contribution in [2.24, 2.45) is 0 Å². The molecule has 0 spiro atoms. The third-order valence-electron chi connectivity index (χ3n) is 12.0. The van der Waals surface area contributed by atoms with Crippen molar-refractivity contribution >= 4 is 17.1 Å². The standard InChI is InChI=1S/C52H47N/c1-50(2,3)48-31-37(36-19-15-18-35(30-36)34-16-9-8-10-17-34)24-29-49(48)53(38-25-27-42-40-20-11-13-22-44(40)51(4,5)46(42)32-38)39-26-28-43-41-21-12-14-23-45(41)52(6,7)47(43)33-39/h8-33H,1-7H3. The average molecular weight is 686 g/mol. The molecule has 0 radical (unpaired) electrons. The van der Waals surface area contributed by atoms with E-state index in [4.69, 9.17) is 0 Å². The summed E-state index contributed by atoms with van der Waals surface area (Å²) in [5.74, 6) is 0. The van der Waals surface area contributed by atoms with Crippen LogP contribution in [0.25, 0.3) is 44.5 Å². The molecule has 1 nitrogen and oxygen atoms in total. The highest BCUT2D eigenvalue weighted by Crippen LogP contribution is 2.54. The van der Waals surface area contributed by atoms with E-state index in [2.05, 4.69) is 211 Å². The second kappa shape index (κ2) is 11.9. The van der Waals surface area contributed by atoms with E-state index in [1.165, 1.54) is 89.4 Å². The Labute approximate surface area is 315 Å². The van der Waals surface area contributed by atoms with Gasteiger partial charge in [-0.3, -0.25) is 0 Å². The van der Waals surface area contributed by atoms with Gasteiger partial charge in [0.1, 0.15) is 0 Å². The molecule has 0 amide bonds. The van der Waals surface area contributed by atoms with Gasteiger partial charge in [0.15, 0.2) is 0 Å². The lowest BCUT2D eigenvalue weighted by Gasteiger charge is -2.34. The predicted octanol–water partition coefficient (Wildman–Crippen LogP) is 14.4. The zero-order valence-corrected chi connectivity index (χ0v) is 32.0. The summed E-state index contributed by atoms with van der Waals surface area (Å²) in [6.45, 7) is 16.5. The van der Waals surface area contributed by atoms with Crippen LogP contribution >= 0.6 is 0 Å². The minimum Gasteiger partial charge on any atom is -0.310 e. The molecule has 2 aliphatic carbocycles. The second-order valence-corrected chi connectivity index (χ2v) is 17.1. The zero-order valence-electron chi connectivity index (χ0n) is 32.0. The van der Waals surface area contributed by atoms with Crippen LogP contribution in [0.5, 0.6) is 0 Å². The molecule has 7 aromatic rings. The van der Waals surface area contributed by atoms with Crippen LogP contribution in [-0.4, -0.2) is 0 Å². The fourth-order valence-corrected chi connectivity index (χ4v) is 9.11. The first-order valence-corrected chi connectivity index (χ1v) is 19.0. The van der Waals surface area contributed by atoms with Crippen molar-refractivity contribution in [3.63, 3.8) is 0 Å². The molecule has 0 aromatic heterocycles. The summed E-state index contributed by atoms with van der Waals surface area (Å²) < 4.78 is 0. The van der Waals surface area contributed by atoms with E-state index in [1.54, 1.807) is 0 Å². The lowest BCUT2D eigenvalue weighted by molar-refractivity contribution is 0.591. The molecular formula is C52H47N. The van der Waals surface area contributed by atoms with Crippen molar-refractivity contribution < 1.29 is 0 Å². The summed E-state index contributed by atoms with van der Waals surface area (Å²) in [7, 11) is 0. The minimum absolute atomic E-state index is 0.102. The van der Waals surface area contributed by atoms with E-state index in [0.29, 0.717) is 0 Å². The van der Waals surface area contributed by atoms with Gasteiger partial charge in [-0.1, -0.05) is 164 Å². The summed E-state index contributed by atoms with van der Waals surface area (Å²) in [5.41, 5.74) is 20.4. The molecule has 260 valence electrons. The van der Waals surface area contributed by atoms with Crippen LogP contribution in [-0.2, 0) is 16.2 Å². The van der Waals surface area contributed by atoms with Gasteiger partial charge in [-0.05, 0) is 120 Å². The number of hydrogen-bond donors (Lipinski definition) is 0. The van der Waals surface area contributed by atoms with E-state index in [1.807, 2.05) is 0 Å². The molecule has 2 aliphatic rings. The summed E-state index contributed by atoms with van der Waals surface area (Å²) in [4.78, 5) is 2.53. The van der Waals surface area contributed by atoms with E-state index in [0.717, 1.165) is 0 Å². The van der Waals surface area contributed by atoms with Crippen molar-refractivity contribution in [1.29, 1.82) is 0 Å². The Hall–Kier alpha value is -5.66. The van der Waals surface area contributed by atoms with E-state index in [9.17, 15) is 0 Å². The van der Waals surface area contributed by atoms with Gasteiger partial charge in [0.25, 0.3) is 0 Å². The van der Waals surface area contributed by atoms with Crippen molar-refractivity contribution in [1.82, 2.24) is 0 Å². The second-order valence-electron chi connectivity index (χ2n) is 17.1. The molecule has 9 rings (SSSR count). The van der Waals surface area contributed by atoms with Gasteiger partial charge in [-0.2, -0.15) is 0 Å². The lowest BCUT2D eigenvalue weighted by Crippen LogP contribution is -2.21. The first kappa shape index (κ1) is 33.2. The lowest BCUT2D eigenvalue weighted by atomic mass is 9.81. The first-order valence-electron chi connectivity index (χ1n) is 19.0. The molecule has 0 N–H and O–H groups in total. The number of benzene rings is 7. The molecule has 0 unspecified atom stereocenters. The van der Waals surface area contributed by atoms with Gasteiger partial charge in [0.05, 0.1) is 0 Å². The molecule has 0 atom stereocenters. The average Bonchev–Trinajstić information content (AvgIpc) is 3.54. The number of rotatable bonds is 5. The quantitative estimate of drug-likeness (QED) is 0.174. The topological polar surface area (TPSA) is 3.24 Å². The van der Waals surface area contributed by atoms with Crippen molar-refractivity contribution in [2.45, 2.75) is 64.7 Å². The van der Waals surface area contributed by atoms with Gasteiger partial charge in [-0.25, -0.2) is 0 Å². The fraction of sp³-hybridized carbons (Fsp3) is 0.192. The monoisotopic (exact) mass is 685 g/mol. The summed E-state index contributed by atoms with van der Waals surface area (Å²) in [6, 6.07) is 59.0. The Morgan fingerprint density at radius 1 is 0.377 bits per heavy atom. The zero-order chi connectivity index (χ0) is 36.7. The van der Waals surface area contributed by atoms with Gasteiger partial charge < -0.3 is 4.90 Å². The minimum atomic E-state index is -0.126. The van der Waals surface area contributed by atoms with Crippen LogP contribution < -0.4 is 4.90 Å². The Kier molecular flexibility index (Phi) is 7.48. The van der Waals surface area contributed by atoms with E-state index < -0.39 is 0 Å². The maximum Gasteiger partial charge on any atom is 0.0499 e. The Morgan fingerprint density at radius 2 is 0.830 bits per heavy atom. The normalized spacial score (nSPS) is 14.6. The summed E-state index contributed by atoms with van der Waals surface area (Å²) in [5, 5.41) is 0. The molecule has 0 saturated carbocycles. The Morgan fingerprint density at radius 3 is 1.38 bits per heavy atom. The van der Waals surface area contributed by atoms with Crippen LogP contribution in [0, 0.1) is 0 Å². The van der Waals surface area contributed by atoms with Crippen LogP contribution in [0.4, 0.5) is 17.1 Å². The highest BCUT2D eigenvalue weighted by Gasteiger charge is 2.38. The molecule has 0 heterocycles. The van der Waals surface area contributed by atoms with Crippen LogP contribution in [0.2, 0.25) is 0 Å². The van der Waals surface area contributed by atoms with E-state index >= 15 is 0 Å². The SMILES string of the molecule is CC(C)(C)c1cc(-c2cccc(-c3ccccc3)c2)ccc1N(c1ccc2c(c1)C(C)(C)c1ccccc1-2)c1ccc2c(c1)C(C)(C)c1ccccc1-2. The Bertz CT molecular complexity index is 2440. The third-order valence-corrected chi connectivity index (χ3v) is 12.0. The van der Waals surface area contributed by atoms with Gasteiger partial charge >= 0.3 is 0 Å². The molecule has 7 aromatic carbocycles. The van der Waals surface area contributed by atoms with Crippen LogP contribution in [0.1, 0.15) is 76.3 Å².